The zero-order valence-electron chi connectivity index (χ0n) is 35.5. The number of ether oxygens (including phenoxy) is 2. The normalized spacial score (nSPS) is 21.2. The largest absolute Gasteiger partial charge is 0.458 e. The summed E-state index contributed by atoms with van der Waals surface area (Å²) in [6.45, 7) is 6.89. The lowest BCUT2D eigenvalue weighted by molar-refractivity contribution is -0.172. The van der Waals surface area contributed by atoms with Crippen LogP contribution in [0.2, 0.25) is 0 Å². The molecule has 0 bridgehead atoms. The zero-order valence-corrected chi connectivity index (χ0v) is 35.5. The minimum Gasteiger partial charge on any atom is -0.458 e. The first-order chi connectivity index (χ1) is 29.9. The number of hydrogen-bond donors (Lipinski definition) is 6. The molecule has 19 nitrogen and oxygen atoms in total. The van der Waals surface area contributed by atoms with E-state index in [4.69, 9.17) is 14.5 Å². The van der Waals surface area contributed by atoms with Crippen LogP contribution in [-0.4, -0.2) is 104 Å². The van der Waals surface area contributed by atoms with E-state index >= 15 is 4.39 Å². The van der Waals surface area contributed by atoms with E-state index in [0.29, 0.717) is 57.4 Å². The van der Waals surface area contributed by atoms with Gasteiger partial charge in [-0.05, 0) is 62.8 Å². The minimum atomic E-state index is -2.05. The lowest BCUT2D eigenvalue weighted by Gasteiger charge is -2.31. The van der Waals surface area contributed by atoms with Gasteiger partial charge in [0.05, 0.1) is 41.7 Å². The Morgan fingerprint density at radius 2 is 1.78 bits per heavy atom. The Balaban J connectivity index is 0.938. The van der Waals surface area contributed by atoms with Crippen molar-refractivity contribution in [2.75, 3.05) is 19.9 Å². The number of cyclic esters (lactones) is 1. The van der Waals surface area contributed by atoms with Crippen LogP contribution in [0.25, 0.3) is 22.3 Å². The highest BCUT2D eigenvalue weighted by atomic mass is 19.1. The maximum Gasteiger partial charge on any atom is 0.343 e. The number of likely N-dealkylation sites (tertiary alicyclic amines) is 1. The summed E-state index contributed by atoms with van der Waals surface area (Å²) in [5.74, 6) is -5.02. The minimum absolute atomic E-state index is 0.0440. The van der Waals surface area contributed by atoms with Crippen molar-refractivity contribution in [1.82, 2.24) is 35.7 Å². The summed E-state index contributed by atoms with van der Waals surface area (Å²) in [7, 11) is 0. The SMILES string of the molecule is CC[C@@]1(O)C(=O)OCc2c1cc1n(c2=O)Cc2c-1nc1cc(F)c(C)c3c1c2[C@@H](NC(=O)[C@H](O)CCOCNC(=O)[C@H](C)NC(=O)[C@H](C)NC(=O)CCN1C(=O)CC(C)C1=O)CC3. The van der Waals surface area contributed by atoms with Crippen LogP contribution >= 0.6 is 0 Å². The Bertz CT molecular complexity index is 2530. The lowest BCUT2D eigenvalue weighted by atomic mass is 9.81. The molecular formula is C43H50FN7O12. The molecule has 1 unspecified atom stereocenters. The second-order valence-corrected chi connectivity index (χ2v) is 16.6. The summed E-state index contributed by atoms with van der Waals surface area (Å²) in [6.07, 6.45) is -1.11. The van der Waals surface area contributed by atoms with Gasteiger partial charge in [0.1, 0.15) is 37.3 Å². The number of benzene rings is 1. The molecule has 5 heterocycles. The number of halogens is 1. The van der Waals surface area contributed by atoms with Crippen molar-refractivity contribution in [2.45, 2.75) is 116 Å². The molecule has 20 heteroatoms. The molecule has 336 valence electrons. The van der Waals surface area contributed by atoms with Gasteiger partial charge in [-0.25, -0.2) is 14.2 Å². The summed E-state index contributed by atoms with van der Waals surface area (Å²) in [6, 6.07) is 0.121. The van der Waals surface area contributed by atoms with E-state index < -0.39 is 76.7 Å². The number of aliphatic hydroxyl groups excluding tert-OH is 1. The van der Waals surface area contributed by atoms with Crippen molar-refractivity contribution in [3.63, 3.8) is 0 Å². The maximum absolute atomic E-state index is 15.3. The molecule has 63 heavy (non-hydrogen) atoms. The number of amides is 6. The Hall–Kier alpha value is -6.12. The maximum atomic E-state index is 15.3. The molecule has 7 rings (SSSR count). The fraction of sp³-hybridized carbons (Fsp3) is 0.512. The van der Waals surface area contributed by atoms with Crippen LogP contribution in [0.1, 0.15) is 99.2 Å². The van der Waals surface area contributed by atoms with Gasteiger partial charge in [-0.2, -0.15) is 0 Å². The van der Waals surface area contributed by atoms with Gasteiger partial charge >= 0.3 is 5.97 Å². The molecule has 6 atom stereocenters. The number of imide groups is 1. The molecule has 1 aromatic carbocycles. The molecule has 2 aromatic heterocycles. The van der Waals surface area contributed by atoms with Gasteiger partial charge in [0, 0.05) is 54.3 Å². The van der Waals surface area contributed by atoms with Crippen molar-refractivity contribution in [2.24, 2.45) is 5.92 Å². The number of fused-ring (bicyclic) bond motifs is 5. The molecule has 0 spiro atoms. The predicted octanol–water partition coefficient (Wildman–Crippen LogP) is 0.266. The van der Waals surface area contributed by atoms with Gasteiger partial charge in [-0.1, -0.05) is 13.8 Å². The molecule has 1 saturated heterocycles. The highest BCUT2D eigenvalue weighted by Gasteiger charge is 2.46. The number of hydrogen-bond acceptors (Lipinski definition) is 13. The number of rotatable bonds is 15. The number of aryl methyl sites for hydroxylation is 1. The number of nitrogens with one attached hydrogen (secondary N) is 4. The molecular weight excluding hydrogens is 826 g/mol. The molecule has 4 aliphatic rings. The van der Waals surface area contributed by atoms with Gasteiger partial charge in [0.2, 0.25) is 35.4 Å². The fourth-order valence-corrected chi connectivity index (χ4v) is 8.72. The number of aliphatic hydroxyl groups is 2. The zero-order chi connectivity index (χ0) is 45.7. The number of carbonyl (C=O) groups is 7. The molecule has 0 radical (unpaired) electrons. The third-order valence-electron chi connectivity index (χ3n) is 12.4. The van der Waals surface area contributed by atoms with Crippen molar-refractivity contribution in [3.05, 3.63) is 61.7 Å². The van der Waals surface area contributed by atoms with Crippen molar-refractivity contribution < 1.29 is 57.6 Å². The van der Waals surface area contributed by atoms with E-state index in [-0.39, 0.29) is 81.7 Å². The molecule has 1 aliphatic carbocycles. The van der Waals surface area contributed by atoms with E-state index in [1.165, 1.54) is 24.5 Å². The lowest BCUT2D eigenvalue weighted by Crippen LogP contribution is -2.52. The molecule has 0 saturated carbocycles. The van der Waals surface area contributed by atoms with Crippen molar-refractivity contribution in [3.8, 4) is 11.4 Å². The second-order valence-electron chi connectivity index (χ2n) is 16.6. The Morgan fingerprint density at radius 1 is 1.05 bits per heavy atom. The Morgan fingerprint density at radius 3 is 2.48 bits per heavy atom. The van der Waals surface area contributed by atoms with Crippen molar-refractivity contribution in [1.29, 1.82) is 0 Å². The average Bonchev–Trinajstić information content (AvgIpc) is 3.74. The number of esters is 1. The second kappa shape index (κ2) is 17.6. The van der Waals surface area contributed by atoms with Gasteiger partial charge < -0.3 is 45.5 Å². The smallest absolute Gasteiger partial charge is 0.343 e. The van der Waals surface area contributed by atoms with Crippen LogP contribution in [-0.2, 0) is 68.2 Å². The number of aromatic nitrogens is 2. The number of nitrogens with zero attached hydrogens (tertiary/aromatic N) is 3. The van der Waals surface area contributed by atoms with Crippen LogP contribution in [0.3, 0.4) is 0 Å². The van der Waals surface area contributed by atoms with Gasteiger partial charge in [-0.15, -0.1) is 0 Å². The average molecular weight is 876 g/mol. The van der Waals surface area contributed by atoms with Crippen molar-refractivity contribution >= 4 is 52.3 Å². The van der Waals surface area contributed by atoms with E-state index in [1.54, 1.807) is 26.8 Å². The van der Waals surface area contributed by atoms with Crippen LogP contribution in [0.5, 0.6) is 0 Å². The topological polar surface area (TPSA) is 265 Å². The number of pyridine rings is 2. The summed E-state index contributed by atoms with van der Waals surface area (Å²) in [5.41, 5.74) is 1.08. The Kier molecular flexibility index (Phi) is 12.5. The monoisotopic (exact) mass is 875 g/mol. The molecule has 6 N–H and O–H groups in total. The number of carbonyl (C=O) groups excluding carboxylic acids is 7. The highest BCUT2D eigenvalue weighted by Crippen LogP contribution is 2.46. The van der Waals surface area contributed by atoms with E-state index in [9.17, 15) is 48.6 Å². The Labute approximate surface area is 360 Å². The first kappa shape index (κ1) is 44.9. The third-order valence-corrected chi connectivity index (χ3v) is 12.4. The standard InChI is InChI=1S/C43H50FN7O12/c1-6-43(61)26-14-30-36-24(16-51(30)41(59)25(26)17-63-42(43)60)35-28(8-7-23-20(3)27(44)15-29(48-36)34(23)35)49-39(57)31(52)10-12-62-18-45-37(55)21(4)47-38(56)22(5)46-32(53)9-11-50-33(54)13-19(2)40(50)58/h14-15,19,21-22,28,31,52,61H,6-13,16-18H2,1-5H3,(H,45,55)(H,46,53)(H,47,56)(H,49,57)/t19?,21-,22-,28-,31+,43-/m0/s1. The summed E-state index contributed by atoms with van der Waals surface area (Å²) in [5, 5.41) is 33.2. The quantitative estimate of drug-likeness (QED) is 0.0406. The molecule has 1 fully saturated rings. The summed E-state index contributed by atoms with van der Waals surface area (Å²) >= 11 is 0. The molecule has 3 aliphatic heterocycles. The molecule has 6 amide bonds. The summed E-state index contributed by atoms with van der Waals surface area (Å²) < 4.78 is 27.4. The predicted molar refractivity (Wildman–Crippen MR) is 218 cm³/mol. The van der Waals surface area contributed by atoms with Crippen LogP contribution in [0, 0.1) is 18.7 Å². The van der Waals surface area contributed by atoms with Gasteiger partial charge in [0.15, 0.2) is 5.60 Å². The first-order valence-corrected chi connectivity index (χ1v) is 21.0. The van der Waals surface area contributed by atoms with E-state index in [0.717, 1.165) is 4.90 Å². The van der Waals surface area contributed by atoms with Gasteiger partial charge in [-0.3, -0.25) is 38.5 Å². The van der Waals surface area contributed by atoms with Crippen LogP contribution in [0.15, 0.2) is 16.9 Å². The molecule has 3 aromatic rings. The third kappa shape index (κ3) is 8.29. The summed E-state index contributed by atoms with van der Waals surface area (Å²) in [4.78, 5) is 108. The van der Waals surface area contributed by atoms with E-state index in [1.807, 2.05) is 0 Å². The van der Waals surface area contributed by atoms with E-state index in [2.05, 4.69) is 21.3 Å². The van der Waals surface area contributed by atoms with Gasteiger partial charge in [0.25, 0.3) is 5.56 Å². The first-order valence-electron chi connectivity index (χ1n) is 21.0. The highest BCUT2D eigenvalue weighted by molar-refractivity contribution is 6.03. The fourth-order valence-electron chi connectivity index (χ4n) is 8.72. The van der Waals surface area contributed by atoms with Crippen LogP contribution in [0.4, 0.5) is 4.39 Å². The van der Waals surface area contributed by atoms with Crippen LogP contribution < -0.4 is 26.8 Å².